The minimum Gasteiger partial charge on any atom is -0.497 e. The predicted octanol–water partition coefficient (Wildman–Crippen LogP) is 4.56. The van der Waals surface area contributed by atoms with Crippen LogP contribution in [0.15, 0.2) is 34.7 Å². The van der Waals surface area contributed by atoms with Gasteiger partial charge < -0.3 is 9.84 Å². The molecule has 7 nitrogen and oxygen atoms in total. The van der Waals surface area contributed by atoms with Crippen molar-refractivity contribution in [2.24, 2.45) is 5.92 Å². The topological polar surface area (TPSA) is 91.8 Å². The fraction of sp³-hybridized carbons (Fsp3) is 0.421. The van der Waals surface area contributed by atoms with Crippen LogP contribution in [-0.4, -0.2) is 41.5 Å². The van der Waals surface area contributed by atoms with Gasteiger partial charge in [0.1, 0.15) is 5.75 Å². The highest BCUT2D eigenvalue weighted by atomic mass is 32.2. The lowest BCUT2D eigenvalue weighted by atomic mass is 10.1. The van der Waals surface area contributed by atoms with Crippen molar-refractivity contribution in [1.82, 2.24) is 4.98 Å². The highest BCUT2D eigenvalue weighted by Crippen LogP contribution is 2.31. The van der Waals surface area contributed by atoms with Gasteiger partial charge >= 0.3 is 12.0 Å². The number of thioether (sulfide) groups is 1. The first-order chi connectivity index (χ1) is 13.5. The van der Waals surface area contributed by atoms with E-state index < -0.39 is 5.97 Å². The Kier molecular flexibility index (Phi) is 7.16. The molecule has 2 amide bonds. The highest BCUT2D eigenvalue weighted by molar-refractivity contribution is 8.01. The third kappa shape index (κ3) is 5.62. The Hall–Kier alpha value is -2.26. The quantitative estimate of drug-likeness (QED) is 0.607. The van der Waals surface area contributed by atoms with Crippen molar-refractivity contribution < 1.29 is 19.4 Å². The monoisotopic (exact) mass is 421 g/mol. The van der Waals surface area contributed by atoms with Crippen LogP contribution in [0.25, 0.3) is 0 Å². The number of rotatable bonds is 8. The standard InChI is InChI=1S/C19H23N3O4S2/c1-26-15-8-4-7-14(9-15)22(11-13-5-2-3-6-13)19(25)21-18-20-10-17(28-18)27-12-16(23)24/h4,7-10,13H,2-3,5-6,11-12H2,1H3,(H,23,24)(H,20,21,25). The van der Waals surface area contributed by atoms with E-state index in [0.717, 1.165) is 22.7 Å². The van der Waals surface area contributed by atoms with Gasteiger partial charge in [-0.2, -0.15) is 0 Å². The lowest BCUT2D eigenvalue weighted by Gasteiger charge is -2.26. The second-order valence-electron chi connectivity index (χ2n) is 6.56. The van der Waals surface area contributed by atoms with Gasteiger partial charge in [0.2, 0.25) is 0 Å². The van der Waals surface area contributed by atoms with Crippen LogP contribution in [0.3, 0.4) is 0 Å². The molecule has 150 valence electrons. The summed E-state index contributed by atoms with van der Waals surface area (Å²) in [6, 6.07) is 7.22. The first-order valence-corrected chi connectivity index (χ1v) is 10.9. The van der Waals surface area contributed by atoms with Crippen molar-refractivity contribution in [3.05, 3.63) is 30.5 Å². The predicted molar refractivity (Wildman–Crippen MR) is 112 cm³/mol. The molecule has 1 saturated carbocycles. The van der Waals surface area contributed by atoms with Crippen LogP contribution in [0.5, 0.6) is 5.75 Å². The molecule has 0 aliphatic heterocycles. The van der Waals surface area contributed by atoms with Crippen LogP contribution < -0.4 is 15.0 Å². The average molecular weight is 422 g/mol. The first kappa shape index (κ1) is 20.5. The van der Waals surface area contributed by atoms with Gasteiger partial charge in [-0.1, -0.05) is 30.2 Å². The van der Waals surface area contributed by atoms with Gasteiger partial charge in [-0.15, -0.1) is 11.8 Å². The van der Waals surface area contributed by atoms with E-state index in [-0.39, 0.29) is 11.8 Å². The number of thiazole rings is 1. The molecule has 1 fully saturated rings. The Morgan fingerprint density at radius 1 is 1.39 bits per heavy atom. The van der Waals surface area contributed by atoms with Gasteiger partial charge in [0.05, 0.1) is 23.3 Å². The van der Waals surface area contributed by atoms with Crippen LogP contribution in [0.2, 0.25) is 0 Å². The number of methoxy groups -OCH3 is 1. The van der Waals surface area contributed by atoms with E-state index >= 15 is 0 Å². The van der Waals surface area contributed by atoms with Crippen molar-refractivity contribution in [3.8, 4) is 5.75 Å². The summed E-state index contributed by atoms with van der Waals surface area (Å²) in [5.41, 5.74) is 0.779. The molecule has 2 N–H and O–H groups in total. The second kappa shape index (κ2) is 9.79. The lowest BCUT2D eigenvalue weighted by molar-refractivity contribution is -0.133. The number of urea groups is 1. The molecule has 1 aromatic carbocycles. The molecular formula is C19H23N3O4S2. The number of hydrogen-bond donors (Lipinski definition) is 2. The molecule has 1 heterocycles. The number of aromatic nitrogens is 1. The van der Waals surface area contributed by atoms with E-state index in [1.54, 1.807) is 18.2 Å². The number of benzene rings is 1. The summed E-state index contributed by atoms with van der Waals surface area (Å²) in [7, 11) is 1.60. The number of carboxylic acid groups (broad SMARTS) is 1. The van der Waals surface area contributed by atoms with E-state index in [4.69, 9.17) is 9.84 Å². The minimum absolute atomic E-state index is 0.0345. The average Bonchev–Trinajstić information content (AvgIpc) is 3.36. The SMILES string of the molecule is COc1cccc(N(CC2CCCC2)C(=O)Nc2ncc(SCC(=O)O)s2)c1. The number of amides is 2. The van der Waals surface area contributed by atoms with E-state index in [2.05, 4.69) is 10.3 Å². The summed E-state index contributed by atoms with van der Waals surface area (Å²) in [4.78, 5) is 29.6. The van der Waals surface area contributed by atoms with E-state index in [1.807, 2.05) is 24.3 Å². The van der Waals surface area contributed by atoms with Gasteiger partial charge in [-0.3, -0.25) is 15.0 Å². The molecule has 1 aliphatic rings. The fourth-order valence-corrected chi connectivity index (χ4v) is 4.79. The van der Waals surface area contributed by atoms with Crippen molar-refractivity contribution >= 4 is 45.9 Å². The largest absolute Gasteiger partial charge is 0.497 e. The summed E-state index contributed by atoms with van der Waals surface area (Å²) in [5.74, 6) is 0.260. The van der Waals surface area contributed by atoms with E-state index in [9.17, 15) is 9.59 Å². The maximum Gasteiger partial charge on any atom is 0.328 e. The molecule has 0 bridgehead atoms. The molecule has 0 spiro atoms. The Labute approximate surface area is 172 Å². The van der Waals surface area contributed by atoms with E-state index in [0.29, 0.717) is 23.3 Å². The Morgan fingerprint density at radius 3 is 2.89 bits per heavy atom. The zero-order valence-corrected chi connectivity index (χ0v) is 17.2. The summed E-state index contributed by atoms with van der Waals surface area (Å²) < 4.78 is 6.05. The molecular weight excluding hydrogens is 398 g/mol. The first-order valence-electron chi connectivity index (χ1n) is 9.08. The number of nitrogens with zero attached hydrogens (tertiary/aromatic N) is 2. The molecule has 2 aromatic rings. The molecule has 9 heteroatoms. The van der Waals surface area contributed by atoms with Gasteiger partial charge in [0.25, 0.3) is 0 Å². The Balaban J connectivity index is 1.73. The zero-order chi connectivity index (χ0) is 19.9. The third-order valence-corrected chi connectivity index (χ3v) is 6.65. The smallest absolute Gasteiger partial charge is 0.328 e. The molecule has 0 radical (unpaired) electrons. The number of aliphatic carboxylic acids is 1. The number of ether oxygens (including phenoxy) is 1. The Morgan fingerprint density at radius 2 is 2.18 bits per heavy atom. The number of anilines is 2. The number of carbonyl (C=O) groups is 2. The summed E-state index contributed by atoms with van der Waals surface area (Å²) in [6.07, 6.45) is 6.24. The van der Waals surface area contributed by atoms with Crippen LogP contribution in [0.1, 0.15) is 25.7 Å². The fourth-order valence-electron chi connectivity index (χ4n) is 3.21. The third-order valence-electron chi connectivity index (χ3n) is 4.56. The van der Waals surface area contributed by atoms with Gasteiger partial charge in [0.15, 0.2) is 5.13 Å². The number of nitrogens with one attached hydrogen (secondary N) is 1. The van der Waals surface area contributed by atoms with Crippen LogP contribution in [-0.2, 0) is 4.79 Å². The van der Waals surface area contributed by atoms with Crippen LogP contribution >= 0.6 is 23.1 Å². The second-order valence-corrected chi connectivity index (χ2v) is 8.87. The molecule has 28 heavy (non-hydrogen) atoms. The molecule has 1 aromatic heterocycles. The molecule has 1 aliphatic carbocycles. The summed E-state index contributed by atoms with van der Waals surface area (Å²) in [5, 5.41) is 12.1. The molecule has 3 rings (SSSR count). The highest BCUT2D eigenvalue weighted by Gasteiger charge is 2.24. The molecule has 0 unspecified atom stereocenters. The van der Waals surface area contributed by atoms with Crippen molar-refractivity contribution in [2.45, 2.75) is 29.9 Å². The maximum absolute atomic E-state index is 13.0. The lowest BCUT2D eigenvalue weighted by Crippen LogP contribution is -2.38. The van der Waals surface area contributed by atoms with Crippen molar-refractivity contribution in [1.29, 1.82) is 0 Å². The van der Waals surface area contributed by atoms with Gasteiger partial charge in [-0.25, -0.2) is 9.78 Å². The normalized spacial score (nSPS) is 14.0. The van der Waals surface area contributed by atoms with Crippen LogP contribution in [0.4, 0.5) is 15.6 Å². The van der Waals surface area contributed by atoms with Gasteiger partial charge in [0, 0.05) is 18.3 Å². The number of carboxylic acids is 1. The van der Waals surface area contributed by atoms with Gasteiger partial charge in [-0.05, 0) is 30.9 Å². The van der Waals surface area contributed by atoms with Crippen molar-refractivity contribution in [2.75, 3.05) is 29.6 Å². The van der Waals surface area contributed by atoms with Crippen LogP contribution in [0, 0.1) is 5.92 Å². The van der Waals surface area contributed by atoms with E-state index in [1.165, 1.54) is 35.9 Å². The summed E-state index contributed by atoms with van der Waals surface area (Å²) in [6.45, 7) is 0.644. The molecule has 0 atom stereocenters. The number of carbonyl (C=O) groups excluding carboxylic acids is 1. The maximum atomic E-state index is 13.0. The summed E-state index contributed by atoms with van der Waals surface area (Å²) >= 11 is 2.46. The minimum atomic E-state index is -0.884. The Bertz CT molecular complexity index is 821. The van der Waals surface area contributed by atoms with Crippen molar-refractivity contribution in [3.63, 3.8) is 0 Å². The molecule has 0 saturated heterocycles. The zero-order valence-electron chi connectivity index (χ0n) is 15.6. The number of hydrogen-bond acceptors (Lipinski definition) is 6.